The molecule has 0 aromatic heterocycles. The van der Waals surface area contributed by atoms with Gasteiger partial charge < -0.3 is 20.1 Å². The third-order valence-corrected chi connectivity index (χ3v) is 3.78. The summed E-state index contributed by atoms with van der Waals surface area (Å²) in [6.07, 6.45) is -0.828. The first-order valence-electron chi connectivity index (χ1n) is 8.37. The molecular formula is C19H18ClFN2O5. The molecule has 0 bridgehead atoms. The van der Waals surface area contributed by atoms with Crippen LogP contribution in [0.1, 0.15) is 27.6 Å². The molecule has 0 atom stereocenters. The van der Waals surface area contributed by atoms with E-state index in [-0.39, 0.29) is 41.9 Å². The first-order chi connectivity index (χ1) is 13.4. The Kier molecular flexibility index (Phi) is 7.76. The van der Waals surface area contributed by atoms with Crippen molar-refractivity contribution in [2.45, 2.75) is 6.92 Å². The molecule has 0 heterocycles. The van der Waals surface area contributed by atoms with Gasteiger partial charge in [-0.05, 0) is 43.3 Å². The molecular weight excluding hydrogens is 391 g/mol. The molecule has 0 saturated heterocycles. The van der Waals surface area contributed by atoms with E-state index in [1.807, 2.05) is 0 Å². The average Bonchev–Trinajstić information content (AvgIpc) is 2.65. The summed E-state index contributed by atoms with van der Waals surface area (Å²) >= 11 is 5.82. The van der Waals surface area contributed by atoms with Crippen LogP contribution in [0, 0.1) is 5.82 Å². The van der Waals surface area contributed by atoms with Gasteiger partial charge in [0.2, 0.25) is 0 Å². The number of nitrogens with one attached hydrogen (secondary N) is 2. The Morgan fingerprint density at radius 2 is 1.64 bits per heavy atom. The number of hydrogen-bond donors (Lipinski definition) is 2. The summed E-state index contributed by atoms with van der Waals surface area (Å²) < 4.78 is 23.2. The molecule has 0 aliphatic rings. The highest BCUT2D eigenvalue weighted by Crippen LogP contribution is 2.18. The summed E-state index contributed by atoms with van der Waals surface area (Å²) in [6.45, 7) is 2.05. The van der Waals surface area contributed by atoms with E-state index < -0.39 is 17.9 Å². The van der Waals surface area contributed by atoms with Crippen molar-refractivity contribution in [1.29, 1.82) is 0 Å². The zero-order valence-corrected chi connectivity index (χ0v) is 15.7. The van der Waals surface area contributed by atoms with Crippen LogP contribution in [0.2, 0.25) is 5.02 Å². The molecule has 2 amide bonds. The topological polar surface area (TPSA) is 93.7 Å². The Bertz CT molecular complexity index is 838. The number of carbonyl (C=O) groups excluding carboxylic acids is 3. The fourth-order valence-corrected chi connectivity index (χ4v) is 2.42. The number of hydrogen-bond acceptors (Lipinski definition) is 5. The summed E-state index contributed by atoms with van der Waals surface area (Å²) in [4.78, 5) is 35.3. The van der Waals surface area contributed by atoms with Crippen LogP contribution in [0.3, 0.4) is 0 Å². The molecule has 0 saturated carbocycles. The highest BCUT2D eigenvalue weighted by atomic mass is 35.5. The number of benzene rings is 2. The predicted octanol–water partition coefficient (Wildman–Crippen LogP) is 3.17. The van der Waals surface area contributed by atoms with E-state index in [0.717, 1.165) is 6.07 Å². The molecule has 2 N–H and O–H groups in total. The van der Waals surface area contributed by atoms with E-state index in [4.69, 9.17) is 16.3 Å². The lowest BCUT2D eigenvalue weighted by Crippen LogP contribution is -2.35. The van der Waals surface area contributed by atoms with Crippen LogP contribution in [0.25, 0.3) is 0 Å². The Hall–Kier alpha value is -3.13. The largest absolute Gasteiger partial charge is 0.513 e. The zero-order chi connectivity index (χ0) is 20.5. The van der Waals surface area contributed by atoms with Gasteiger partial charge in [0, 0.05) is 18.7 Å². The van der Waals surface area contributed by atoms with Gasteiger partial charge in [0.1, 0.15) is 11.6 Å². The quantitative estimate of drug-likeness (QED) is 0.417. The van der Waals surface area contributed by atoms with Crippen LogP contribution >= 0.6 is 11.6 Å². The number of rotatable bonds is 7. The van der Waals surface area contributed by atoms with Gasteiger partial charge in [-0.3, -0.25) is 9.59 Å². The van der Waals surface area contributed by atoms with Crippen molar-refractivity contribution in [3.63, 3.8) is 0 Å². The average molecular weight is 409 g/mol. The lowest BCUT2D eigenvalue weighted by Gasteiger charge is -2.09. The Morgan fingerprint density at radius 1 is 1.00 bits per heavy atom. The van der Waals surface area contributed by atoms with Gasteiger partial charge in [-0.1, -0.05) is 17.7 Å². The van der Waals surface area contributed by atoms with Gasteiger partial charge in [0.05, 0.1) is 17.2 Å². The lowest BCUT2D eigenvalue weighted by atomic mass is 10.2. The van der Waals surface area contributed by atoms with E-state index in [1.54, 1.807) is 6.92 Å². The van der Waals surface area contributed by atoms with Crippen LogP contribution in [-0.2, 0) is 4.74 Å². The van der Waals surface area contributed by atoms with Gasteiger partial charge in [-0.25, -0.2) is 9.18 Å². The molecule has 7 nitrogen and oxygen atoms in total. The van der Waals surface area contributed by atoms with E-state index in [0.29, 0.717) is 5.56 Å². The fraction of sp³-hybridized carbons (Fsp3) is 0.211. The second kappa shape index (κ2) is 10.3. The summed E-state index contributed by atoms with van der Waals surface area (Å²) in [5, 5.41) is 5.09. The van der Waals surface area contributed by atoms with E-state index in [1.165, 1.54) is 36.4 Å². The first-order valence-corrected chi connectivity index (χ1v) is 8.75. The van der Waals surface area contributed by atoms with Crippen molar-refractivity contribution in [1.82, 2.24) is 10.6 Å². The molecule has 2 rings (SSSR count). The van der Waals surface area contributed by atoms with Gasteiger partial charge in [0.25, 0.3) is 11.8 Å². The number of carbonyl (C=O) groups is 3. The summed E-state index contributed by atoms with van der Waals surface area (Å²) in [5.41, 5.74) is 0.0902. The second-order valence-corrected chi connectivity index (χ2v) is 5.83. The minimum absolute atomic E-state index is 0.00617. The van der Waals surface area contributed by atoms with E-state index in [2.05, 4.69) is 15.4 Å². The van der Waals surface area contributed by atoms with Crippen LogP contribution in [0.15, 0.2) is 42.5 Å². The van der Waals surface area contributed by atoms with Crippen molar-refractivity contribution in [2.75, 3.05) is 19.7 Å². The standard InChI is InChI=1S/C19H18ClFN2O5/c1-2-27-19(26)28-13-8-6-12(7-9-13)17(24)22-10-11-23-18(25)16-14(20)4-3-5-15(16)21/h3-9H,2,10-11H2,1H3,(H,22,24)(H,23,25). The van der Waals surface area contributed by atoms with Crippen molar-refractivity contribution in [2.24, 2.45) is 0 Å². The van der Waals surface area contributed by atoms with Crippen molar-refractivity contribution >= 4 is 29.6 Å². The zero-order valence-electron chi connectivity index (χ0n) is 15.0. The van der Waals surface area contributed by atoms with Crippen LogP contribution in [0.4, 0.5) is 9.18 Å². The van der Waals surface area contributed by atoms with Crippen LogP contribution in [0.5, 0.6) is 5.75 Å². The van der Waals surface area contributed by atoms with Crippen molar-refractivity contribution in [3.05, 3.63) is 64.4 Å². The van der Waals surface area contributed by atoms with Gasteiger partial charge in [-0.15, -0.1) is 0 Å². The molecule has 0 aliphatic heterocycles. The maximum atomic E-state index is 13.7. The number of halogens is 2. The number of ether oxygens (including phenoxy) is 2. The summed E-state index contributed by atoms with van der Waals surface area (Å²) in [6, 6.07) is 9.80. The van der Waals surface area contributed by atoms with Gasteiger partial charge in [-0.2, -0.15) is 0 Å². The van der Waals surface area contributed by atoms with Crippen molar-refractivity contribution < 1.29 is 28.2 Å². The smallest absolute Gasteiger partial charge is 0.434 e. The Morgan fingerprint density at radius 3 is 2.25 bits per heavy atom. The third-order valence-electron chi connectivity index (χ3n) is 3.47. The first kappa shape index (κ1) is 21.2. The predicted molar refractivity (Wildman–Crippen MR) is 100 cm³/mol. The molecule has 0 unspecified atom stereocenters. The number of amides is 2. The minimum atomic E-state index is -0.828. The molecule has 0 spiro atoms. The molecule has 0 radical (unpaired) electrons. The highest BCUT2D eigenvalue weighted by Gasteiger charge is 2.15. The highest BCUT2D eigenvalue weighted by molar-refractivity contribution is 6.33. The molecule has 2 aromatic carbocycles. The SMILES string of the molecule is CCOC(=O)Oc1ccc(C(=O)NCCNC(=O)c2c(F)cccc2Cl)cc1. The lowest BCUT2D eigenvalue weighted by molar-refractivity contribution is 0.0925. The van der Waals surface area contributed by atoms with Crippen LogP contribution < -0.4 is 15.4 Å². The monoisotopic (exact) mass is 408 g/mol. The maximum absolute atomic E-state index is 13.7. The van der Waals surface area contributed by atoms with E-state index in [9.17, 15) is 18.8 Å². The summed E-state index contributed by atoms with van der Waals surface area (Å²) in [7, 11) is 0. The maximum Gasteiger partial charge on any atom is 0.513 e. The van der Waals surface area contributed by atoms with Gasteiger partial charge >= 0.3 is 6.16 Å². The van der Waals surface area contributed by atoms with Gasteiger partial charge in [0.15, 0.2) is 0 Å². The Balaban J connectivity index is 1.79. The molecule has 9 heteroatoms. The molecule has 0 aliphatic carbocycles. The van der Waals surface area contributed by atoms with Crippen molar-refractivity contribution in [3.8, 4) is 5.75 Å². The molecule has 0 fully saturated rings. The molecule has 2 aromatic rings. The summed E-state index contributed by atoms with van der Waals surface area (Å²) in [5.74, 6) is -1.54. The fourth-order valence-electron chi connectivity index (χ4n) is 2.18. The normalized spacial score (nSPS) is 10.1. The minimum Gasteiger partial charge on any atom is -0.434 e. The van der Waals surface area contributed by atoms with Crippen LogP contribution in [-0.4, -0.2) is 37.7 Å². The molecule has 148 valence electrons. The second-order valence-electron chi connectivity index (χ2n) is 5.42. The Labute approximate surface area is 165 Å². The third kappa shape index (κ3) is 5.95. The molecule has 28 heavy (non-hydrogen) atoms. The van der Waals surface area contributed by atoms with E-state index >= 15 is 0 Å².